The average molecular weight is 740 g/mol. The number of benzene rings is 8. The molecular weight excluding hydrogens is 699 g/mol. The van der Waals surface area contributed by atoms with Gasteiger partial charge in [0.2, 0.25) is 0 Å². The van der Waals surface area contributed by atoms with Crippen LogP contribution in [0.15, 0.2) is 192 Å². The molecule has 6 nitrogen and oxygen atoms in total. The molecule has 0 aliphatic rings. The lowest BCUT2D eigenvalue weighted by molar-refractivity contribution is 0.669. The lowest BCUT2D eigenvalue weighted by Gasteiger charge is -2.10. The molecular formula is C51H31N5O. The Morgan fingerprint density at radius 3 is 1.61 bits per heavy atom. The second-order valence-corrected chi connectivity index (χ2v) is 13.7. The Morgan fingerprint density at radius 2 is 0.965 bits per heavy atom. The Bertz CT molecular complexity index is 3980. The summed E-state index contributed by atoms with van der Waals surface area (Å²) in [7, 11) is 0. The number of hydrogen-bond donors (Lipinski definition) is 0. The molecule has 0 saturated heterocycles. The zero-order chi connectivity index (χ0) is 46.2. The molecule has 12 aromatic rings. The third kappa shape index (κ3) is 4.87. The molecule has 0 amide bonds. The van der Waals surface area contributed by atoms with E-state index in [0.717, 1.165) is 65.8 Å². The number of furan rings is 1. The van der Waals surface area contributed by atoms with Crippen LogP contribution in [0, 0.1) is 0 Å². The molecule has 0 fully saturated rings. The summed E-state index contributed by atoms with van der Waals surface area (Å²) in [5, 5.41) is 6.00. The molecule has 12 rings (SSSR count). The quantitative estimate of drug-likeness (QED) is 0.176. The van der Waals surface area contributed by atoms with Crippen molar-refractivity contribution in [3.63, 3.8) is 0 Å². The number of rotatable bonds is 5. The largest absolute Gasteiger partial charge is 0.456 e. The van der Waals surface area contributed by atoms with Crippen LogP contribution < -0.4 is 0 Å². The number of nitrogens with zero attached hydrogens (tertiary/aromatic N) is 5. The second-order valence-electron chi connectivity index (χ2n) is 13.7. The van der Waals surface area contributed by atoms with Crippen LogP contribution in [0.2, 0.25) is 0 Å². The smallest absolute Gasteiger partial charge is 0.164 e. The molecule has 4 aromatic heterocycles. The number of para-hydroxylation sites is 3. The van der Waals surface area contributed by atoms with E-state index in [0.29, 0.717) is 16.7 Å². The first-order valence-corrected chi connectivity index (χ1v) is 18.3. The summed E-state index contributed by atoms with van der Waals surface area (Å²) < 4.78 is 95.8. The first kappa shape index (κ1) is 23.2. The first-order valence-electron chi connectivity index (χ1n) is 23.3. The Labute approximate surface area is 340 Å². The van der Waals surface area contributed by atoms with Gasteiger partial charge >= 0.3 is 0 Å². The van der Waals surface area contributed by atoms with E-state index in [1.54, 1.807) is 12.1 Å². The topological polar surface area (TPSA) is 61.7 Å². The molecule has 6 heteroatoms. The van der Waals surface area contributed by atoms with Crippen molar-refractivity contribution in [1.82, 2.24) is 24.1 Å². The van der Waals surface area contributed by atoms with Gasteiger partial charge in [0.1, 0.15) is 11.2 Å². The maximum atomic E-state index is 8.72. The molecule has 8 aromatic carbocycles. The molecule has 266 valence electrons. The lowest BCUT2D eigenvalue weighted by atomic mass is 10.1. The van der Waals surface area contributed by atoms with Gasteiger partial charge in [-0.25, -0.2) is 15.0 Å². The van der Waals surface area contributed by atoms with Crippen molar-refractivity contribution in [2.45, 2.75) is 0 Å². The summed E-state index contributed by atoms with van der Waals surface area (Å²) in [5.41, 5.74) is 6.90. The van der Waals surface area contributed by atoms with E-state index in [2.05, 4.69) is 90.8 Å². The van der Waals surface area contributed by atoms with Gasteiger partial charge in [-0.05, 0) is 60.7 Å². The van der Waals surface area contributed by atoms with Crippen molar-refractivity contribution in [1.29, 1.82) is 0 Å². The third-order valence-electron chi connectivity index (χ3n) is 10.5. The summed E-state index contributed by atoms with van der Waals surface area (Å²) in [6.45, 7) is 0. The van der Waals surface area contributed by atoms with Gasteiger partial charge in [0.15, 0.2) is 17.5 Å². The summed E-state index contributed by atoms with van der Waals surface area (Å²) >= 11 is 0. The van der Waals surface area contributed by atoms with Gasteiger partial charge in [-0.2, -0.15) is 0 Å². The second kappa shape index (κ2) is 12.3. The van der Waals surface area contributed by atoms with Crippen molar-refractivity contribution >= 4 is 65.6 Å². The highest BCUT2D eigenvalue weighted by Crippen LogP contribution is 2.42. The van der Waals surface area contributed by atoms with Crippen LogP contribution in [0.4, 0.5) is 0 Å². The van der Waals surface area contributed by atoms with Crippen LogP contribution in [-0.4, -0.2) is 24.1 Å². The number of fused-ring (bicyclic) bond motifs is 9. The van der Waals surface area contributed by atoms with Gasteiger partial charge in [-0.1, -0.05) is 127 Å². The van der Waals surface area contributed by atoms with Crippen LogP contribution in [0.25, 0.3) is 111 Å². The average Bonchev–Trinajstić information content (AvgIpc) is 4.00. The van der Waals surface area contributed by atoms with Crippen LogP contribution in [0.1, 0.15) is 13.7 Å². The van der Waals surface area contributed by atoms with Crippen LogP contribution in [0.3, 0.4) is 0 Å². The van der Waals surface area contributed by atoms with Gasteiger partial charge in [0.05, 0.1) is 46.8 Å². The van der Waals surface area contributed by atoms with E-state index in [9.17, 15) is 0 Å². The summed E-state index contributed by atoms with van der Waals surface area (Å²) in [5.74, 6) is -0.742. The van der Waals surface area contributed by atoms with Crippen molar-refractivity contribution in [3.8, 4) is 45.5 Å². The highest BCUT2D eigenvalue weighted by molar-refractivity contribution is 6.20. The zero-order valence-electron chi connectivity index (χ0n) is 39.8. The molecule has 4 heterocycles. The molecule has 0 unspecified atom stereocenters. The molecule has 0 radical (unpaired) electrons. The van der Waals surface area contributed by atoms with E-state index in [1.807, 2.05) is 48.5 Å². The minimum absolute atomic E-state index is 0.0534. The number of aromatic nitrogens is 5. The SMILES string of the molecule is [2H]c1c([2H])c([2H])c(-c2nc(-c3ccc4c(c3)oc3cccc(-n5c6ccccc6c6cc7c(cc65)c5ccccc5n7-c5ccccc5)c34)nc(-c3c([2H])c([2H])c([2H])c([2H])c3[2H])n2)c([2H])c1[2H]. The van der Waals surface area contributed by atoms with Crippen molar-refractivity contribution in [2.75, 3.05) is 0 Å². The normalized spacial score (nSPS) is 14.3. The third-order valence-corrected chi connectivity index (χ3v) is 10.5. The fourth-order valence-corrected chi connectivity index (χ4v) is 8.13. The van der Waals surface area contributed by atoms with Gasteiger partial charge in [-0.3, -0.25) is 0 Å². The summed E-state index contributed by atoms with van der Waals surface area (Å²) in [6.07, 6.45) is 0. The van der Waals surface area contributed by atoms with Crippen molar-refractivity contribution in [2.24, 2.45) is 0 Å². The highest BCUT2D eigenvalue weighted by Gasteiger charge is 2.22. The summed E-state index contributed by atoms with van der Waals surface area (Å²) in [6, 6.07) is 36.9. The van der Waals surface area contributed by atoms with E-state index in [1.165, 1.54) is 0 Å². The van der Waals surface area contributed by atoms with E-state index in [-0.39, 0.29) is 28.6 Å². The fourth-order valence-electron chi connectivity index (χ4n) is 8.13. The van der Waals surface area contributed by atoms with Gasteiger partial charge < -0.3 is 13.6 Å². The molecule has 0 saturated carbocycles. The predicted molar refractivity (Wildman–Crippen MR) is 232 cm³/mol. The fraction of sp³-hybridized carbons (Fsp3) is 0. The molecule has 0 atom stereocenters. The first-order chi connectivity index (χ1) is 32.4. The molecule has 0 bridgehead atoms. The molecule has 57 heavy (non-hydrogen) atoms. The van der Waals surface area contributed by atoms with Crippen molar-refractivity contribution in [3.05, 3.63) is 188 Å². The Kier molecular flexibility index (Phi) is 5.02. The zero-order valence-corrected chi connectivity index (χ0v) is 29.8. The Morgan fingerprint density at radius 1 is 0.404 bits per heavy atom. The maximum absolute atomic E-state index is 8.72. The monoisotopic (exact) mass is 739 g/mol. The molecule has 0 aliphatic heterocycles. The van der Waals surface area contributed by atoms with E-state index in [4.69, 9.17) is 18.1 Å². The molecule has 0 N–H and O–H groups in total. The standard InChI is InChI=1S/C51H31N5O/c1-4-15-32(16-5-1)49-52-50(33-17-6-2-7-18-33)54-51(53-49)34-27-28-38-47(29-34)57-46-26-14-25-43(48(38)46)56-42-24-13-11-22-37(42)40-30-44-39(31-45(40)56)36-21-10-12-23-41(36)55(44)35-19-8-3-9-20-35/h1-31H/i1D,2D,4D,5D,6D,7D,15D,16D,17D,18D. The molecule has 0 aliphatic carbocycles. The van der Waals surface area contributed by atoms with Gasteiger partial charge in [0.25, 0.3) is 0 Å². The Hall–Kier alpha value is -7.83. The predicted octanol–water partition coefficient (Wildman–Crippen LogP) is 13.0. The minimum atomic E-state index is -0.617. The lowest BCUT2D eigenvalue weighted by Crippen LogP contribution is -2.00. The van der Waals surface area contributed by atoms with Crippen LogP contribution >= 0.6 is 0 Å². The highest BCUT2D eigenvalue weighted by atomic mass is 16.3. The molecule has 0 spiro atoms. The number of hydrogen-bond acceptors (Lipinski definition) is 4. The van der Waals surface area contributed by atoms with Gasteiger partial charge in [0, 0.05) is 49.3 Å². The van der Waals surface area contributed by atoms with Gasteiger partial charge in [-0.15, -0.1) is 0 Å². The maximum Gasteiger partial charge on any atom is 0.164 e. The van der Waals surface area contributed by atoms with E-state index >= 15 is 0 Å². The Balaban J connectivity index is 1.09. The van der Waals surface area contributed by atoms with Crippen molar-refractivity contribution < 1.29 is 18.1 Å². The van der Waals surface area contributed by atoms with Crippen LogP contribution in [-0.2, 0) is 0 Å². The minimum Gasteiger partial charge on any atom is -0.456 e. The summed E-state index contributed by atoms with van der Waals surface area (Å²) in [4.78, 5) is 13.7. The van der Waals surface area contributed by atoms with Crippen LogP contribution in [0.5, 0.6) is 0 Å². The van der Waals surface area contributed by atoms with E-state index < -0.39 is 60.4 Å².